The number of hydrogen-bond donors (Lipinski definition) is 0. The van der Waals surface area contributed by atoms with Crippen LogP contribution in [0, 0.1) is 12.8 Å². The Morgan fingerprint density at radius 3 is 2.60 bits per heavy atom. The van der Waals surface area contributed by atoms with Crippen molar-refractivity contribution in [2.24, 2.45) is 5.92 Å². The molecule has 0 aliphatic carbocycles. The Morgan fingerprint density at radius 1 is 1.40 bits per heavy atom. The van der Waals surface area contributed by atoms with Gasteiger partial charge < -0.3 is 4.74 Å². The van der Waals surface area contributed by atoms with Gasteiger partial charge in [0.25, 0.3) is 0 Å². The van der Waals surface area contributed by atoms with Crippen molar-refractivity contribution in [1.82, 2.24) is 0 Å². The molecule has 0 saturated heterocycles. The number of carbonyl (C=O) groups excluding carboxylic acids is 1. The lowest BCUT2D eigenvalue weighted by atomic mass is 10.00. The molecule has 0 aliphatic rings. The Balaban J connectivity index is 2.91. The van der Waals surface area contributed by atoms with Gasteiger partial charge in [-0.1, -0.05) is 26.0 Å². The SMILES string of the molecule is COc1cc(C(=O)CC(C)C)ccc1C. The molecule has 15 heavy (non-hydrogen) atoms. The molecule has 2 heteroatoms. The molecule has 0 spiro atoms. The van der Waals surface area contributed by atoms with Crippen LogP contribution >= 0.6 is 0 Å². The third-order valence-electron chi connectivity index (χ3n) is 2.32. The van der Waals surface area contributed by atoms with Crippen LogP contribution in [0.25, 0.3) is 0 Å². The summed E-state index contributed by atoms with van der Waals surface area (Å²) in [4.78, 5) is 11.8. The highest BCUT2D eigenvalue weighted by Gasteiger charge is 2.10. The highest BCUT2D eigenvalue weighted by molar-refractivity contribution is 5.96. The first kappa shape index (κ1) is 11.8. The number of carbonyl (C=O) groups is 1. The summed E-state index contributed by atoms with van der Waals surface area (Å²) in [7, 11) is 1.62. The van der Waals surface area contributed by atoms with E-state index in [1.165, 1.54) is 0 Å². The summed E-state index contributed by atoms with van der Waals surface area (Å²) in [6, 6.07) is 5.61. The largest absolute Gasteiger partial charge is 0.496 e. The monoisotopic (exact) mass is 206 g/mol. The average molecular weight is 206 g/mol. The van der Waals surface area contributed by atoms with Gasteiger partial charge in [-0.2, -0.15) is 0 Å². The molecule has 0 aromatic heterocycles. The van der Waals surface area contributed by atoms with Crippen LogP contribution in [0.2, 0.25) is 0 Å². The van der Waals surface area contributed by atoms with Gasteiger partial charge >= 0.3 is 0 Å². The van der Waals surface area contributed by atoms with Gasteiger partial charge in [-0.15, -0.1) is 0 Å². The van der Waals surface area contributed by atoms with Gasteiger partial charge in [-0.3, -0.25) is 4.79 Å². The average Bonchev–Trinajstić information content (AvgIpc) is 2.17. The molecule has 0 fully saturated rings. The second kappa shape index (κ2) is 4.96. The molecule has 2 nitrogen and oxygen atoms in total. The Morgan fingerprint density at radius 2 is 2.07 bits per heavy atom. The lowest BCUT2D eigenvalue weighted by molar-refractivity contribution is 0.0967. The first-order chi connectivity index (χ1) is 7.04. The standard InChI is InChI=1S/C13H18O2/c1-9(2)7-12(14)11-6-5-10(3)13(8-11)15-4/h5-6,8-9H,7H2,1-4H3. The number of benzene rings is 1. The minimum atomic E-state index is 0.184. The third-order valence-corrected chi connectivity index (χ3v) is 2.32. The summed E-state index contributed by atoms with van der Waals surface area (Å²) < 4.78 is 5.19. The molecule has 0 aliphatic heterocycles. The van der Waals surface area contributed by atoms with Gasteiger partial charge in [0.1, 0.15) is 5.75 Å². The van der Waals surface area contributed by atoms with Crippen LogP contribution in [0.1, 0.15) is 36.2 Å². The lowest BCUT2D eigenvalue weighted by Gasteiger charge is -2.08. The Hall–Kier alpha value is -1.31. The van der Waals surface area contributed by atoms with Crippen LogP contribution < -0.4 is 4.74 Å². The topological polar surface area (TPSA) is 26.3 Å². The molecule has 1 rings (SSSR count). The van der Waals surface area contributed by atoms with Crippen LogP contribution in [-0.4, -0.2) is 12.9 Å². The summed E-state index contributed by atoms with van der Waals surface area (Å²) in [5.74, 6) is 1.36. The predicted octanol–water partition coefficient (Wildman–Crippen LogP) is 3.23. The van der Waals surface area contributed by atoms with Gasteiger partial charge in [0.2, 0.25) is 0 Å². The van der Waals surface area contributed by atoms with Crippen LogP contribution in [0.5, 0.6) is 5.75 Å². The van der Waals surface area contributed by atoms with E-state index in [9.17, 15) is 4.79 Å². The maximum absolute atomic E-state index is 11.8. The fourth-order valence-electron chi connectivity index (χ4n) is 1.48. The maximum atomic E-state index is 11.8. The molecule has 0 bridgehead atoms. The number of methoxy groups -OCH3 is 1. The third kappa shape index (κ3) is 3.08. The van der Waals surface area contributed by atoms with E-state index in [1.54, 1.807) is 7.11 Å². The van der Waals surface area contributed by atoms with Crippen LogP contribution in [0.3, 0.4) is 0 Å². The van der Waals surface area contributed by atoms with E-state index in [2.05, 4.69) is 0 Å². The minimum Gasteiger partial charge on any atom is -0.496 e. The molecular weight excluding hydrogens is 188 g/mol. The smallest absolute Gasteiger partial charge is 0.163 e. The lowest BCUT2D eigenvalue weighted by Crippen LogP contribution is -2.04. The molecule has 0 atom stereocenters. The molecule has 1 aromatic rings. The molecule has 0 heterocycles. The van der Waals surface area contributed by atoms with Gasteiger partial charge in [-0.05, 0) is 24.5 Å². The van der Waals surface area contributed by atoms with Crippen molar-refractivity contribution >= 4 is 5.78 Å². The molecular formula is C13H18O2. The molecule has 0 unspecified atom stereocenters. The number of ketones is 1. The zero-order valence-electron chi connectivity index (χ0n) is 9.83. The maximum Gasteiger partial charge on any atom is 0.163 e. The predicted molar refractivity (Wildman–Crippen MR) is 61.5 cm³/mol. The zero-order valence-corrected chi connectivity index (χ0v) is 9.83. The summed E-state index contributed by atoms with van der Waals surface area (Å²) >= 11 is 0. The molecule has 0 saturated carbocycles. The number of ether oxygens (including phenoxy) is 1. The van der Waals surface area contributed by atoms with Gasteiger partial charge in [0.15, 0.2) is 5.78 Å². The van der Waals surface area contributed by atoms with Gasteiger partial charge in [0.05, 0.1) is 7.11 Å². The van der Waals surface area contributed by atoms with Crippen molar-refractivity contribution in [1.29, 1.82) is 0 Å². The van der Waals surface area contributed by atoms with E-state index >= 15 is 0 Å². The van der Waals surface area contributed by atoms with E-state index in [-0.39, 0.29) is 5.78 Å². The first-order valence-electron chi connectivity index (χ1n) is 5.22. The van der Waals surface area contributed by atoms with Gasteiger partial charge in [-0.25, -0.2) is 0 Å². The second-order valence-electron chi connectivity index (χ2n) is 4.21. The molecule has 0 radical (unpaired) electrons. The van der Waals surface area contributed by atoms with E-state index in [0.717, 1.165) is 16.9 Å². The van der Waals surface area contributed by atoms with Crippen LogP contribution in [-0.2, 0) is 0 Å². The number of rotatable bonds is 4. The molecule has 82 valence electrons. The molecule has 0 N–H and O–H groups in total. The summed E-state index contributed by atoms with van der Waals surface area (Å²) in [6.07, 6.45) is 0.589. The summed E-state index contributed by atoms with van der Waals surface area (Å²) in [6.45, 7) is 6.06. The van der Waals surface area contributed by atoms with Crippen molar-refractivity contribution in [3.05, 3.63) is 29.3 Å². The van der Waals surface area contributed by atoms with Crippen LogP contribution in [0.15, 0.2) is 18.2 Å². The fraction of sp³-hybridized carbons (Fsp3) is 0.462. The summed E-state index contributed by atoms with van der Waals surface area (Å²) in [5, 5.41) is 0. The van der Waals surface area contributed by atoms with Crippen molar-refractivity contribution in [2.45, 2.75) is 27.2 Å². The minimum absolute atomic E-state index is 0.184. The number of hydrogen-bond acceptors (Lipinski definition) is 2. The van der Waals surface area contributed by atoms with E-state index in [4.69, 9.17) is 4.74 Å². The highest BCUT2D eigenvalue weighted by Crippen LogP contribution is 2.20. The molecule has 1 aromatic carbocycles. The zero-order chi connectivity index (χ0) is 11.4. The Bertz CT molecular complexity index is 354. The molecule has 0 amide bonds. The Kier molecular flexibility index (Phi) is 3.89. The van der Waals surface area contributed by atoms with Crippen LogP contribution in [0.4, 0.5) is 0 Å². The van der Waals surface area contributed by atoms with E-state index in [1.807, 2.05) is 39.0 Å². The Labute approximate surface area is 91.3 Å². The van der Waals surface area contributed by atoms with Gasteiger partial charge in [0, 0.05) is 12.0 Å². The van der Waals surface area contributed by atoms with E-state index in [0.29, 0.717) is 12.3 Å². The first-order valence-corrected chi connectivity index (χ1v) is 5.22. The fourth-order valence-corrected chi connectivity index (χ4v) is 1.48. The van der Waals surface area contributed by atoms with Crippen molar-refractivity contribution in [2.75, 3.05) is 7.11 Å². The van der Waals surface area contributed by atoms with E-state index < -0.39 is 0 Å². The van der Waals surface area contributed by atoms with Crippen molar-refractivity contribution in [3.63, 3.8) is 0 Å². The second-order valence-corrected chi connectivity index (χ2v) is 4.21. The van der Waals surface area contributed by atoms with Crippen molar-refractivity contribution in [3.8, 4) is 5.75 Å². The number of Topliss-reactive ketones (excluding diaryl/α,β-unsaturated/α-hetero) is 1. The number of aryl methyl sites for hydroxylation is 1. The highest BCUT2D eigenvalue weighted by atomic mass is 16.5. The normalized spacial score (nSPS) is 10.5. The quantitative estimate of drug-likeness (QED) is 0.707. The summed E-state index contributed by atoms with van der Waals surface area (Å²) in [5.41, 5.74) is 1.80. The van der Waals surface area contributed by atoms with Crippen molar-refractivity contribution < 1.29 is 9.53 Å².